The maximum atomic E-state index is 12.3. The maximum Gasteiger partial charge on any atom is 0.223 e. The van der Waals surface area contributed by atoms with Gasteiger partial charge in [-0.2, -0.15) is 5.10 Å². The number of nitrogens with zero attached hydrogens (tertiary/aromatic N) is 4. The van der Waals surface area contributed by atoms with Crippen LogP contribution in [0.1, 0.15) is 63.0 Å². The number of piperidine rings is 1. The quantitative estimate of drug-likeness (QED) is 0.861. The molecular weight excluding hydrogens is 338 g/mol. The summed E-state index contributed by atoms with van der Waals surface area (Å²) < 4.78 is 1.83. The average Bonchev–Trinajstić information content (AvgIpc) is 3.24. The monoisotopic (exact) mass is 373 g/mol. The molecule has 0 radical (unpaired) electrons. The van der Waals surface area contributed by atoms with Crippen molar-refractivity contribution in [1.82, 2.24) is 24.9 Å². The number of carbonyl (C=O) groups excluding carboxylic acids is 1. The molecule has 1 aliphatic carbocycles. The molecule has 3 fully saturated rings. The first-order valence-electron chi connectivity index (χ1n) is 10.8. The minimum absolute atomic E-state index is 0.154. The van der Waals surface area contributed by atoms with Crippen molar-refractivity contribution in [2.24, 2.45) is 13.0 Å². The lowest BCUT2D eigenvalue weighted by Gasteiger charge is -2.39. The largest absolute Gasteiger partial charge is 0.338 e. The third-order valence-corrected chi connectivity index (χ3v) is 7.05. The van der Waals surface area contributed by atoms with Crippen molar-refractivity contribution >= 4 is 5.91 Å². The maximum absolute atomic E-state index is 12.3. The number of nitrogens with one attached hydrogen (secondary N) is 1. The number of amides is 1. The highest BCUT2D eigenvalue weighted by molar-refractivity contribution is 5.79. The first kappa shape index (κ1) is 18.9. The van der Waals surface area contributed by atoms with Gasteiger partial charge in [0.05, 0.1) is 12.2 Å². The Kier molecular flexibility index (Phi) is 5.83. The van der Waals surface area contributed by atoms with Crippen LogP contribution in [0.15, 0.2) is 12.4 Å². The van der Waals surface area contributed by atoms with Gasteiger partial charge in [-0.1, -0.05) is 19.3 Å². The van der Waals surface area contributed by atoms with Crippen LogP contribution in [-0.4, -0.2) is 64.3 Å². The molecule has 3 heterocycles. The summed E-state index contributed by atoms with van der Waals surface area (Å²) in [4.78, 5) is 17.0. The van der Waals surface area contributed by atoms with Gasteiger partial charge in [-0.3, -0.25) is 9.48 Å². The summed E-state index contributed by atoms with van der Waals surface area (Å²) in [6.45, 7) is 3.39. The van der Waals surface area contributed by atoms with E-state index in [1.54, 1.807) is 0 Å². The molecule has 3 aliphatic rings. The molecule has 0 unspecified atom stereocenters. The van der Waals surface area contributed by atoms with E-state index in [0.717, 1.165) is 18.2 Å². The predicted molar refractivity (Wildman–Crippen MR) is 106 cm³/mol. The van der Waals surface area contributed by atoms with Crippen LogP contribution < -0.4 is 5.32 Å². The SMILES string of the molecule is CN1C(=O)C[C@@H](CNC2CCN(C3CCCCC3)CC2)[C@@H]1c1cnn(C)c1. The fraction of sp³-hybridized carbons (Fsp3) is 0.810. The molecule has 27 heavy (non-hydrogen) atoms. The van der Waals surface area contributed by atoms with Crippen molar-refractivity contribution in [1.29, 1.82) is 0 Å². The van der Waals surface area contributed by atoms with Gasteiger partial charge < -0.3 is 15.1 Å². The zero-order chi connectivity index (χ0) is 18.8. The summed E-state index contributed by atoms with van der Waals surface area (Å²) in [5.74, 6) is 0.589. The number of aryl methyl sites for hydroxylation is 1. The molecule has 2 aliphatic heterocycles. The normalized spacial score (nSPS) is 29.0. The minimum Gasteiger partial charge on any atom is -0.338 e. The summed E-state index contributed by atoms with van der Waals surface area (Å²) in [5.41, 5.74) is 1.16. The molecule has 6 nitrogen and oxygen atoms in total. The fourth-order valence-corrected chi connectivity index (χ4v) is 5.46. The Bertz CT molecular complexity index is 630. The Morgan fingerprint density at radius 1 is 1.11 bits per heavy atom. The Morgan fingerprint density at radius 2 is 1.85 bits per heavy atom. The summed E-state index contributed by atoms with van der Waals surface area (Å²) >= 11 is 0. The van der Waals surface area contributed by atoms with E-state index in [4.69, 9.17) is 0 Å². The van der Waals surface area contributed by atoms with Crippen LogP contribution in [0.25, 0.3) is 0 Å². The molecule has 4 rings (SSSR count). The topological polar surface area (TPSA) is 53.4 Å². The predicted octanol–water partition coefficient (Wildman–Crippen LogP) is 2.33. The summed E-state index contributed by atoms with van der Waals surface area (Å²) in [6, 6.07) is 1.59. The highest BCUT2D eigenvalue weighted by atomic mass is 16.2. The van der Waals surface area contributed by atoms with Crippen LogP contribution in [0.3, 0.4) is 0 Å². The van der Waals surface area contributed by atoms with E-state index in [9.17, 15) is 4.79 Å². The molecule has 2 atom stereocenters. The molecule has 1 N–H and O–H groups in total. The first-order chi connectivity index (χ1) is 13.1. The Balaban J connectivity index is 1.28. The second kappa shape index (κ2) is 8.31. The zero-order valence-corrected chi connectivity index (χ0v) is 16.9. The highest BCUT2D eigenvalue weighted by Crippen LogP contribution is 2.36. The Hall–Kier alpha value is -1.40. The van der Waals surface area contributed by atoms with Gasteiger partial charge in [0.15, 0.2) is 0 Å². The van der Waals surface area contributed by atoms with Gasteiger partial charge in [-0.15, -0.1) is 0 Å². The Morgan fingerprint density at radius 3 is 2.52 bits per heavy atom. The van der Waals surface area contributed by atoms with Crippen LogP contribution in [0, 0.1) is 5.92 Å². The lowest BCUT2D eigenvalue weighted by molar-refractivity contribution is -0.127. The third kappa shape index (κ3) is 4.21. The van der Waals surface area contributed by atoms with E-state index in [1.807, 2.05) is 29.9 Å². The molecule has 150 valence electrons. The van der Waals surface area contributed by atoms with Crippen molar-refractivity contribution in [2.75, 3.05) is 26.7 Å². The highest BCUT2D eigenvalue weighted by Gasteiger charge is 2.39. The summed E-state index contributed by atoms with van der Waals surface area (Å²) in [7, 11) is 3.87. The molecule has 0 aromatic carbocycles. The van der Waals surface area contributed by atoms with E-state index in [-0.39, 0.29) is 11.9 Å². The van der Waals surface area contributed by atoms with Crippen LogP contribution in [0.2, 0.25) is 0 Å². The van der Waals surface area contributed by atoms with E-state index in [2.05, 4.69) is 21.5 Å². The smallest absolute Gasteiger partial charge is 0.223 e. The van der Waals surface area contributed by atoms with Gasteiger partial charge in [0.25, 0.3) is 0 Å². The van der Waals surface area contributed by atoms with Gasteiger partial charge in [0.1, 0.15) is 0 Å². The van der Waals surface area contributed by atoms with Crippen LogP contribution in [0.5, 0.6) is 0 Å². The summed E-state index contributed by atoms with van der Waals surface area (Å²) in [5, 5.41) is 8.11. The molecule has 6 heteroatoms. The molecule has 2 saturated heterocycles. The lowest BCUT2D eigenvalue weighted by atomic mass is 9.91. The number of carbonyl (C=O) groups is 1. The van der Waals surface area contributed by atoms with Gasteiger partial charge in [-0.05, 0) is 38.8 Å². The van der Waals surface area contributed by atoms with Crippen LogP contribution in [0.4, 0.5) is 0 Å². The van der Waals surface area contributed by atoms with Gasteiger partial charge >= 0.3 is 0 Å². The van der Waals surface area contributed by atoms with Crippen molar-refractivity contribution in [3.05, 3.63) is 18.0 Å². The summed E-state index contributed by atoms with van der Waals surface area (Å²) in [6.07, 6.45) is 14.2. The van der Waals surface area contributed by atoms with Crippen molar-refractivity contribution in [2.45, 2.75) is 69.5 Å². The molecule has 0 spiro atoms. The zero-order valence-electron chi connectivity index (χ0n) is 16.9. The van der Waals surface area contributed by atoms with Gasteiger partial charge in [-0.25, -0.2) is 0 Å². The van der Waals surface area contributed by atoms with E-state index >= 15 is 0 Å². The Labute approximate surface area is 163 Å². The minimum atomic E-state index is 0.154. The van der Waals surface area contributed by atoms with Gasteiger partial charge in [0.2, 0.25) is 5.91 Å². The third-order valence-electron chi connectivity index (χ3n) is 7.05. The molecule has 1 saturated carbocycles. The standard InChI is InChI=1S/C21H35N5O/c1-24-15-17(14-23-24)21-16(12-20(27)25(21)2)13-22-18-8-10-26(11-9-18)19-6-4-3-5-7-19/h14-16,18-19,21-22H,3-13H2,1-2H3/t16-,21+/m0/s1. The second-order valence-electron chi connectivity index (χ2n) is 8.87. The van der Waals surface area contributed by atoms with E-state index < -0.39 is 0 Å². The van der Waals surface area contributed by atoms with Crippen LogP contribution >= 0.6 is 0 Å². The number of hydrogen-bond acceptors (Lipinski definition) is 4. The van der Waals surface area contributed by atoms with Crippen molar-refractivity contribution < 1.29 is 4.79 Å². The number of aromatic nitrogens is 2. The van der Waals surface area contributed by atoms with Gasteiger partial charge in [0, 0.05) is 56.8 Å². The number of rotatable bonds is 5. The molecule has 0 bridgehead atoms. The molecule has 1 aromatic rings. The lowest BCUT2D eigenvalue weighted by Crippen LogP contribution is -2.48. The number of likely N-dealkylation sites (tertiary alicyclic amines) is 2. The molecular formula is C21H35N5O. The first-order valence-corrected chi connectivity index (χ1v) is 10.8. The van der Waals surface area contributed by atoms with Crippen LogP contribution in [-0.2, 0) is 11.8 Å². The van der Waals surface area contributed by atoms with E-state index in [1.165, 1.54) is 58.0 Å². The van der Waals surface area contributed by atoms with Crippen molar-refractivity contribution in [3.63, 3.8) is 0 Å². The van der Waals surface area contributed by atoms with Crippen molar-refractivity contribution in [3.8, 4) is 0 Å². The number of hydrogen-bond donors (Lipinski definition) is 1. The fourth-order valence-electron chi connectivity index (χ4n) is 5.46. The average molecular weight is 374 g/mol. The molecule has 1 aromatic heterocycles. The molecule has 1 amide bonds. The second-order valence-corrected chi connectivity index (χ2v) is 8.87. The van der Waals surface area contributed by atoms with E-state index in [0.29, 0.717) is 18.4 Å².